The highest BCUT2D eigenvalue weighted by molar-refractivity contribution is 5.95. The molecular formula is C16H15F3N2O. The number of rotatable bonds is 3. The lowest BCUT2D eigenvalue weighted by Crippen LogP contribution is -2.31. The van der Waals surface area contributed by atoms with Crippen molar-refractivity contribution in [3.63, 3.8) is 0 Å². The highest BCUT2D eigenvalue weighted by atomic mass is 19.4. The minimum absolute atomic E-state index is 0.344. The fourth-order valence-corrected chi connectivity index (χ4v) is 2.13. The Morgan fingerprint density at radius 2 is 1.82 bits per heavy atom. The van der Waals surface area contributed by atoms with Gasteiger partial charge in [-0.25, -0.2) is 0 Å². The highest BCUT2D eigenvalue weighted by Gasteiger charge is 2.36. The van der Waals surface area contributed by atoms with Crippen molar-refractivity contribution >= 4 is 5.91 Å². The molecule has 2 rings (SSSR count). The molecule has 0 spiro atoms. The molecule has 116 valence electrons. The van der Waals surface area contributed by atoms with Crippen LogP contribution in [0.4, 0.5) is 13.2 Å². The molecular weight excluding hydrogens is 293 g/mol. The van der Waals surface area contributed by atoms with Crippen molar-refractivity contribution in [1.29, 1.82) is 0 Å². The first-order valence-corrected chi connectivity index (χ1v) is 6.65. The molecule has 0 saturated heterocycles. The Bertz CT molecular complexity index is 656. The largest absolute Gasteiger partial charge is 0.418 e. The number of pyridine rings is 1. The van der Waals surface area contributed by atoms with Gasteiger partial charge in [-0.05, 0) is 18.6 Å². The molecule has 1 heterocycles. The van der Waals surface area contributed by atoms with E-state index >= 15 is 0 Å². The van der Waals surface area contributed by atoms with E-state index < -0.39 is 23.2 Å². The highest BCUT2D eigenvalue weighted by Crippen LogP contribution is 2.32. The molecule has 0 bridgehead atoms. The van der Waals surface area contributed by atoms with Crippen molar-refractivity contribution in [2.45, 2.75) is 19.1 Å². The summed E-state index contributed by atoms with van der Waals surface area (Å²) in [4.78, 5) is 17.2. The van der Waals surface area contributed by atoms with Crippen LogP contribution < -0.4 is 0 Å². The topological polar surface area (TPSA) is 33.2 Å². The summed E-state index contributed by atoms with van der Waals surface area (Å²) in [6, 6.07) is 9.87. The lowest BCUT2D eigenvalue weighted by Gasteiger charge is -2.26. The number of benzene rings is 1. The van der Waals surface area contributed by atoms with Crippen molar-refractivity contribution in [1.82, 2.24) is 9.88 Å². The van der Waals surface area contributed by atoms with Crippen LogP contribution in [0.5, 0.6) is 0 Å². The molecule has 22 heavy (non-hydrogen) atoms. The predicted molar refractivity (Wildman–Crippen MR) is 76.2 cm³/mol. The van der Waals surface area contributed by atoms with Crippen LogP contribution >= 0.6 is 0 Å². The number of halogens is 3. The van der Waals surface area contributed by atoms with Crippen molar-refractivity contribution in [2.24, 2.45) is 0 Å². The minimum atomic E-state index is -4.62. The zero-order chi connectivity index (χ0) is 16.3. The van der Waals surface area contributed by atoms with E-state index in [0.29, 0.717) is 6.20 Å². The molecule has 0 aliphatic carbocycles. The summed E-state index contributed by atoms with van der Waals surface area (Å²) in [6.45, 7) is 1.77. The molecule has 6 heteroatoms. The van der Waals surface area contributed by atoms with Crippen LogP contribution in [0.2, 0.25) is 0 Å². The third-order valence-corrected chi connectivity index (χ3v) is 3.54. The maximum atomic E-state index is 13.0. The van der Waals surface area contributed by atoms with Crippen molar-refractivity contribution in [2.75, 3.05) is 7.05 Å². The van der Waals surface area contributed by atoms with Gasteiger partial charge in [-0.15, -0.1) is 0 Å². The second kappa shape index (κ2) is 6.17. The fraction of sp³-hybridized carbons (Fsp3) is 0.250. The number of amides is 1. The summed E-state index contributed by atoms with van der Waals surface area (Å²) < 4.78 is 39.0. The van der Waals surface area contributed by atoms with E-state index in [0.717, 1.165) is 11.6 Å². The normalized spacial score (nSPS) is 12.8. The van der Waals surface area contributed by atoms with E-state index in [1.54, 1.807) is 6.92 Å². The number of carbonyl (C=O) groups is 1. The Kier molecular flexibility index (Phi) is 4.49. The Morgan fingerprint density at radius 1 is 1.18 bits per heavy atom. The summed E-state index contributed by atoms with van der Waals surface area (Å²) in [5, 5.41) is 0. The van der Waals surface area contributed by atoms with E-state index in [2.05, 4.69) is 4.98 Å². The molecule has 2 aromatic rings. The number of hydrogen-bond acceptors (Lipinski definition) is 2. The zero-order valence-corrected chi connectivity index (χ0v) is 12.1. The molecule has 0 unspecified atom stereocenters. The van der Waals surface area contributed by atoms with E-state index in [9.17, 15) is 18.0 Å². The summed E-state index contributed by atoms with van der Waals surface area (Å²) in [5.74, 6) is -0.689. The van der Waals surface area contributed by atoms with Crippen LogP contribution in [-0.4, -0.2) is 22.8 Å². The van der Waals surface area contributed by atoms with Gasteiger partial charge in [0.1, 0.15) is 0 Å². The predicted octanol–water partition coefficient (Wildman–Crippen LogP) is 3.93. The lowest BCUT2D eigenvalue weighted by molar-refractivity contribution is -0.138. The number of aromatic nitrogens is 1. The fourth-order valence-electron chi connectivity index (χ4n) is 2.13. The average Bonchev–Trinajstić information content (AvgIpc) is 2.52. The third kappa shape index (κ3) is 3.27. The van der Waals surface area contributed by atoms with Gasteiger partial charge in [-0.2, -0.15) is 13.2 Å². The van der Waals surface area contributed by atoms with Gasteiger partial charge >= 0.3 is 6.18 Å². The Morgan fingerprint density at radius 3 is 2.41 bits per heavy atom. The van der Waals surface area contributed by atoms with Gasteiger partial charge in [0.25, 0.3) is 5.91 Å². The first kappa shape index (κ1) is 16.0. The number of alkyl halides is 3. The smallest absolute Gasteiger partial charge is 0.335 e. The zero-order valence-electron chi connectivity index (χ0n) is 12.1. The van der Waals surface area contributed by atoms with Crippen LogP contribution in [0.15, 0.2) is 48.8 Å². The van der Waals surface area contributed by atoms with Crippen molar-refractivity contribution < 1.29 is 18.0 Å². The number of carbonyl (C=O) groups excluding carboxylic acids is 1. The Balaban J connectivity index is 2.33. The quantitative estimate of drug-likeness (QED) is 0.860. The summed E-state index contributed by atoms with van der Waals surface area (Å²) in [7, 11) is 1.49. The van der Waals surface area contributed by atoms with Gasteiger partial charge in [0.2, 0.25) is 0 Å². The van der Waals surface area contributed by atoms with Crippen LogP contribution in [-0.2, 0) is 6.18 Å². The molecule has 0 saturated carbocycles. The van der Waals surface area contributed by atoms with Gasteiger partial charge in [-0.3, -0.25) is 9.78 Å². The summed E-state index contributed by atoms with van der Waals surface area (Å²) in [6.07, 6.45) is -2.76. The van der Waals surface area contributed by atoms with Crippen molar-refractivity contribution in [3.8, 4) is 0 Å². The summed E-state index contributed by atoms with van der Waals surface area (Å²) >= 11 is 0. The summed E-state index contributed by atoms with van der Waals surface area (Å²) in [5.41, 5.74) is -0.569. The van der Waals surface area contributed by atoms with Crippen LogP contribution in [0, 0.1) is 0 Å². The first-order chi connectivity index (χ1) is 10.3. The molecule has 1 amide bonds. The van der Waals surface area contributed by atoms with Gasteiger partial charge in [0, 0.05) is 19.4 Å². The second-order valence-corrected chi connectivity index (χ2v) is 4.92. The van der Waals surface area contributed by atoms with Crippen LogP contribution in [0.1, 0.15) is 34.5 Å². The van der Waals surface area contributed by atoms with Gasteiger partial charge in [0.05, 0.1) is 17.2 Å². The standard InChI is InChI=1S/C16H15F3N2O/c1-11(12-6-4-3-5-7-12)21(2)15(22)13-8-9-20-10-14(13)16(17,18)19/h3-11H,1-2H3/t11-/m0/s1. The van der Waals surface area contributed by atoms with E-state index in [-0.39, 0.29) is 6.04 Å². The Hall–Kier alpha value is -2.37. The molecule has 0 aliphatic heterocycles. The minimum Gasteiger partial charge on any atom is -0.335 e. The molecule has 1 atom stereocenters. The molecule has 1 aromatic carbocycles. The van der Waals surface area contributed by atoms with Gasteiger partial charge in [-0.1, -0.05) is 30.3 Å². The van der Waals surface area contributed by atoms with Gasteiger partial charge < -0.3 is 4.90 Å². The van der Waals surface area contributed by atoms with Crippen molar-refractivity contribution in [3.05, 3.63) is 65.5 Å². The first-order valence-electron chi connectivity index (χ1n) is 6.65. The van der Waals surface area contributed by atoms with E-state index in [4.69, 9.17) is 0 Å². The molecule has 0 radical (unpaired) electrons. The van der Waals surface area contributed by atoms with Crippen LogP contribution in [0.3, 0.4) is 0 Å². The maximum absolute atomic E-state index is 13.0. The van der Waals surface area contributed by atoms with Gasteiger partial charge in [0.15, 0.2) is 0 Å². The molecule has 1 aromatic heterocycles. The lowest BCUT2D eigenvalue weighted by atomic mass is 10.0. The molecule has 3 nitrogen and oxygen atoms in total. The molecule has 0 N–H and O–H groups in total. The SMILES string of the molecule is C[C@@H](c1ccccc1)N(C)C(=O)c1ccncc1C(F)(F)F. The Labute approximate surface area is 126 Å². The monoisotopic (exact) mass is 308 g/mol. The third-order valence-electron chi connectivity index (χ3n) is 3.54. The van der Waals surface area contributed by atoms with E-state index in [1.807, 2.05) is 30.3 Å². The number of nitrogens with zero attached hydrogens (tertiary/aromatic N) is 2. The number of hydrogen-bond donors (Lipinski definition) is 0. The van der Waals surface area contributed by atoms with Crippen LogP contribution in [0.25, 0.3) is 0 Å². The van der Waals surface area contributed by atoms with E-state index in [1.165, 1.54) is 18.1 Å². The second-order valence-electron chi connectivity index (χ2n) is 4.92. The molecule has 0 aliphatic rings. The average molecular weight is 308 g/mol. The molecule has 0 fully saturated rings. The maximum Gasteiger partial charge on any atom is 0.418 e.